The molecule has 4 nitrogen and oxygen atoms in total. The van der Waals surface area contributed by atoms with Gasteiger partial charge in [-0.05, 0) is 44.2 Å². The van der Waals surface area contributed by atoms with Crippen LogP contribution in [-0.2, 0) is 16.0 Å². The molecule has 1 saturated heterocycles. The van der Waals surface area contributed by atoms with Crippen molar-refractivity contribution < 1.29 is 9.59 Å². The monoisotopic (exact) mass is 316 g/mol. The number of carbonyl (C=O) groups is 2. The van der Waals surface area contributed by atoms with Crippen LogP contribution in [0.4, 0.5) is 0 Å². The van der Waals surface area contributed by atoms with Gasteiger partial charge in [0.15, 0.2) is 0 Å². The third-order valence-electron chi connectivity index (χ3n) is 4.46. The minimum absolute atomic E-state index is 0.0985. The van der Waals surface area contributed by atoms with Crippen LogP contribution in [0.2, 0.25) is 0 Å². The molecule has 1 aliphatic heterocycles. The van der Waals surface area contributed by atoms with Gasteiger partial charge in [0.1, 0.15) is 0 Å². The summed E-state index contributed by atoms with van der Waals surface area (Å²) in [5.41, 5.74) is 3.45. The number of aryl methyl sites for hydroxylation is 2. The van der Waals surface area contributed by atoms with E-state index in [0.717, 1.165) is 36.9 Å². The predicted molar refractivity (Wildman–Crippen MR) is 92.3 cm³/mol. The summed E-state index contributed by atoms with van der Waals surface area (Å²) < 4.78 is 0. The average Bonchev–Trinajstić information content (AvgIpc) is 2.51. The highest BCUT2D eigenvalue weighted by molar-refractivity contribution is 5.80. The van der Waals surface area contributed by atoms with Gasteiger partial charge in [-0.3, -0.25) is 9.59 Å². The van der Waals surface area contributed by atoms with Crippen molar-refractivity contribution in [3.63, 3.8) is 0 Å². The summed E-state index contributed by atoms with van der Waals surface area (Å²) in [4.78, 5) is 26.3. The Hall–Kier alpha value is -1.84. The predicted octanol–water partition coefficient (Wildman–Crippen LogP) is 2.75. The maximum absolute atomic E-state index is 12.6. The smallest absolute Gasteiger partial charge is 0.227 e. The molecule has 1 aromatic carbocycles. The van der Waals surface area contributed by atoms with Crippen LogP contribution in [0.3, 0.4) is 0 Å². The molecule has 0 aliphatic carbocycles. The number of hydrogen-bond acceptors (Lipinski definition) is 2. The molecule has 0 radical (unpaired) electrons. The van der Waals surface area contributed by atoms with Gasteiger partial charge < -0.3 is 10.2 Å². The number of piperidine rings is 1. The van der Waals surface area contributed by atoms with Gasteiger partial charge in [0.25, 0.3) is 0 Å². The number of rotatable bonds is 5. The van der Waals surface area contributed by atoms with Gasteiger partial charge >= 0.3 is 0 Å². The first-order valence-electron chi connectivity index (χ1n) is 8.63. The molecule has 0 bridgehead atoms. The molecule has 1 atom stereocenters. The summed E-state index contributed by atoms with van der Waals surface area (Å²) in [6.45, 7) is 7.53. The molecule has 1 unspecified atom stereocenters. The topological polar surface area (TPSA) is 49.4 Å². The lowest BCUT2D eigenvalue weighted by Crippen LogP contribution is -2.50. The second-order valence-corrected chi connectivity index (χ2v) is 6.60. The van der Waals surface area contributed by atoms with Gasteiger partial charge in [-0.25, -0.2) is 0 Å². The van der Waals surface area contributed by atoms with E-state index in [1.165, 1.54) is 5.56 Å². The van der Waals surface area contributed by atoms with Crippen LogP contribution in [0.1, 0.15) is 49.3 Å². The van der Waals surface area contributed by atoms with Crippen molar-refractivity contribution in [1.29, 1.82) is 0 Å². The lowest BCUT2D eigenvalue weighted by molar-refractivity contribution is -0.133. The first-order valence-corrected chi connectivity index (χ1v) is 8.63. The number of amides is 2. The van der Waals surface area contributed by atoms with Crippen molar-refractivity contribution in [3.8, 4) is 0 Å². The molecule has 0 saturated carbocycles. The van der Waals surface area contributed by atoms with Gasteiger partial charge in [0.2, 0.25) is 11.8 Å². The zero-order valence-electron chi connectivity index (χ0n) is 14.5. The van der Waals surface area contributed by atoms with Gasteiger partial charge in [-0.2, -0.15) is 0 Å². The Labute approximate surface area is 139 Å². The molecular weight excluding hydrogens is 288 g/mol. The molecule has 2 amide bonds. The SMILES string of the molecule is CCCC(=O)NC1CCCN(C(=O)Cc2cc(C)ccc2C)C1. The van der Waals surface area contributed by atoms with Crippen molar-refractivity contribution in [3.05, 3.63) is 34.9 Å². The van der Waals surface area contributed by atoms with E-state index in [0.29, 0.717) is 19.4 Å². The van der Waals surface area contributed by atoms with Gasteiger partial charge in [0.05, 0.1) is 6.42 Å². The molecule has 23 heavy (non-hydrogen) atoms. The van der Waals surface area contributed by atoms with Crippen LogP contribution in [0.5, 0.6) is 0 Å². The van der Waals surface area contributed by atoms with Crippen LogP contribution in [0, 0.1) is 13.8 Å². The van der Waals surface area contributed by atoms with Gasteiger partial charge in [-0.1, -0.05) is 30.7 Å². The molecule has 2 rings (SSSR count). The van der Waals surface area contributed by atoms with Gasteiger partial charge in [0, 0.05) is 25.6 Å². The molecule has 126 valence electrons. The lowest BCUT2D eigenvalue weighted by atomic mass is 10.0. The first-order chi connectivity index (χ1) is 11.0. The Morgan fingerprint density at radius 1 is 1.30 bits per heavy atom. The van der Waals surface area contributed by atoms with Crippen molar-refractivity contribution in [2.75, 3.05) is 13.1 Å². The second kappa shape index (κ2) is 8.14. The highest BCUT2D eigenvalue weighted by Crippen LogP contribution is 2.16. The Bertz CT molecular complexity index is 568. The fourth-order valence-corrected chi connectivity index (χ4v) is 3.11. The van der Waals surface area contributed by atoms with Crippen molar-refractivity contribution >= 4 is 11.8 Å². The Morgan fingerprint density at radius 3 is 2.83 bits per heavy atom. The Morgan fingerprint density at radius 2 is 2.09 bits per heavy atom. The van der Waals surface area contributed by atoms with E-state index in [1.54, 1.807) is 0 Å². The van der Waals surface area contributed by atoms with E-state index < -0.39 is 0 Å². The molecule has 1 aliphatic rings. The summed E-state index contributed by atoms with van der Waals surface area (Å²) in [6.07, 6.45) is 3.78. The third kappa shape index (κ3) is 5.08. The van der Waals surface area contributed by atoms with E-state index >= 15 is 0 Å². The molecule has 0 aromatic heterocycles. The normalized spacial score (nSPS) is 17.9. The van der Waals surface area contributed by atoms with E-state index in [2.05, 4.69) is 23.5 Å². The number of likely N-dealkylation sites (tertiary alicyclic amines) is 1. The molecular formula is C19H28N2O2. The number of carbonyl (C=O) groups excluding carboxylic acids is 2. The number of hydrogen-bond donors (Lipinski definition) is 1. The van der Waals surface area contributed by atoms with E-state index in [9.17, 15) is 9.59 Å². The van der Waals surface area contributed by atoms with Crippen molar-refractivity contribution in [2.45, 2.75) is 58.9 Å². The maximum atomic E-state index is 12.6. The zero-order chi connectivity index (χ0) is 16.8. The largest absolute Gasteiger partial charge is 0.352 e. The Balaban J connectivity index is 1.94. The van der Waals surface area contributed by atoms with Gasteiger partial charge in [-0.15, -0.1) is 0 Å². The summed E-state index contributed by atoms with van der Waals surface area (Å²) in [6, 6.07) is 6.34. The standard InChI is InChI=1S/C19H28N2O2/c1-4-6-18(22)20-17-7-5-10-21(13-17)19(23)12-16-11-14(2)8-9-15(16)3/h8-9,11,17H,4-7,10,12-13H2,1-3H3,(H,20,22). The molecule has 1 fully saturated rings. The van der Waals surface area contributed by atoms with Crippen LogP contribution in [0.25, 0.3) is 0 Å². The van der Waals surface area contributed by atoms with Crippen LogP contribution in [0.15, 0.2) is 18.2 Å². The van der Waals surface area contributed by atoms with Crippen LogP contribution in [-0.4, -0.2) is 35.8 Å². The second-order valence-electron chi connectivity index (χ2n) is 6.60. The number of nitrogens with zero attached hydrogens (tertiary/aromatic N) is 1. The van der Waals surface area contributed by atoms with Crippen LogP contribution < -0.4 is 5.32 Å². The average molecular weight is 316 g/mol. The quantitative estimate of drug-likeness (QED) is 0.908. The number of benzene rings is 1. The minimum atomic E-state index is 0.0985. The fourth-order valence-electron chi connectivity index (χ4n) is 3.11. The summed E-state index contributed by atoms with van der Waals surface area (Å²) in [7, 11) is 0. The van der Waals surface area contributed by atoms with Crippen LogP contribution >= 0.6 is 0 Å². The lowest BCUT2D eigenvalue weighted by Gasteiger charge is -2.33. The van der Waals surface area contributed by atoms with Crippen molar-refractivity contribution in [1.82, 2.24) is 10.2 Å². The molecule has 1 heterocycles. The summed E-state index contributed by atoms with van der Waals surface area (Å²) in [5, 5.41) is 3.06. The number of nitrogens with one attached hydrogen (secondary N) is 1. The maximum Gasteiger partial charge on any atom is 0.227 e. The summed E-state index contributed by atoms with van der Waals surface area (Å²) in [5.74, 6) is 0.259. The molecule has 1 aromatic rings. The third-order valence-corrected chi connectivity index (χ3v) is 4.46. The Kier molecular flexibility index (Phi) is 6.20. The van der Waals surface area contributed by atoms with E-state index in [1.807, 2.05) is 25.7 Å². The first kappa shape index (κ1) is 17.5. The zero-order valence-corrected chi connectivity index (χ0v) is 14.5. The molecule has 0 spiro atoms. The highest BCUT2D eigenvalue weighted by atomic mass is 16.2. The fraction of sp³-hybridized carbons (Fsp3) is 0.579. The van der Waals surface area contributed by atoms with E-state index in [4.69, 9.17) is 0 Å². The van der Waals surface area contributed by atoms with Crippen molar-refractivity contribution in [2.24, 2.45) is 0 Å². The summed E-state index contributed by atoms with van der Waals surface area (Å²) >= 11 is 0. The van der Waals surface area contributed by atoms with E-state index in [-0.39, 0.29) is 17.9 Å². The molecule has 4 heteroatoms. The molecule has 1 N–H and O–H groups in total. The minimum Gasteiger partial charge on any atom is -0.352 e. The highest BCUT2D eigenvalue weighted by Gasteiger charge is 2.24.